The quantitative estimate of drug-likeness (QED) is 0.620. The monoisotopic (exact) mass is 399 g/mol. The van der Waals surface area contributed by atoms with Crippen LogP contribution in [0, 0.1) is 0 Å². The van der Waals surface area contributed by atoms with Crippen LogP contribution in [0.4, 0.5) is 0 Å². The van der Waals surface area contributed by atoms with Gasteiger partial charge in [0, 0.05) is 24.7 Å². The number of benzene rings is 1. The normalized spacial score (nSPS) is 18.8. The molecule has 3 heterocycles. The highest BCUT2D eigenvalue weighted by Gasteiger charge is 2.39. The zero-order valence-electron chi connectivity index (χ0n) is 15.1. The van der Waals surface area contributed by atoms with Gasteiger partial charge in [-0.15, -0.1) is 11.3 Å². The lowest BCUT2D eigenvalue weighted by atomic mass is 10.0. The van der Waals surface area contributed by atoms with Crippen molar-refractivity contribution in [1.29, 1.82) is 0 Å². The number of fused-ring (bicyclic) bond motifs is 1. The summed E-state index contributed by atoms with van der Waals surface area (Å²) in [7, 11) is 0. The van der Waals surface area contributed by atoms with Crippen LogP contribution < -0.4 is 5.32 Å². The summed E-state index contributed by atoms with van der Waals surface area (Å²) >= 11 is 1.22. The maximum Gasteiger partial charge on any atom is 0.367 e. The van der Waals surface area contributed by atoms with Gasteiger partial charge in [-0.2, -0.15) is 0 Å². The molecule has 0 radical (unpaired) electrons. The third-order valence-electron chi connectivity index (χ3n) is 4.76. The van der Waals surface area contributed by atoms with Crippen molar-refractivity contribution < 1.29 is 23.9 Å². The van der Waals surface area contributed by atoms with E-state index in [0.717, 1.165) is 16.0 Å². The van der Waals surface area contributed by atoms with Gasteiger partial charge in [-0.25, -0.2) is 9.78 Å². The van der Waals surface area contributed by atoms with Crippen molar-refractivity contribution in [3.05, 3.63) is 40.5 Å². The SMILES string of the molecule is CCOC(=O)c1ncc(-c2ccc3c(c2)CN(C2CCC(=O)NC2=O)C3=O)s1. The van der Waals surface area contributed by atoms with Gasteiger partial charge in [-0.05, 0) is 36.6 Å². The van der Waals surface area contributed by atoms with Crippen molar-refractivity contribution in [2.24, 2.45) is 0 Å². The maximum atomic E-state index is 12.7. The molecule has 2 aromatic rings. The Morgan fingerprint density at radius 3 is 2.93 bits per heavy atom. The van der Waals surface area contributed by atoms with E-state index in [9.17, 15) is 19.2 Å². The van der Waals surface area contributed by atoms with Crippen LogP contribution >= 0.6 is 11.3 Å². The fourth-order valence-electron chi connectivity index (χ4n) is 3.42. The van der Waals surface area contributed by atoms with E-state index in [2.05, 4.69) is 10.3 Å². The number of imide groups is 1. The Hall–Kier alpha value is -3.07. The fraction of sp³-hybridized carbons (Fsp3) is 0.316. The van der Waals surface area contributed by atoms with Crippen LogP contribution in [0.5, 0.6) is 0 Å². The lowest BCUT2D eigenvalue weighted by molar-refractivity contribution is -0.136. The first-order valence-electron chi connectivity index (χ1n) is 8.89. The molecule has 2 aliphatic heterocycles. The number of hydrogen-bond donors (Lipinski definition) is 1. The van der Waals surface area contributed by atoms with Crippen molar-refractivity contribution >= 4 is 35.0 Å². The van der Waals surface area contributed by atoms with Gasteiger partial charge < -0.3 is 9.64 Å². The van der Waals surface area contributed by atoms with Gasteiger partial charge in [-0.3, -0.25) is 19.7 Å². The Morgan fingerprint density at radius 2 is 2.18 bits per heavy atom. The van der Waals surface area contributed by atoms with Gasteiger partial charge >= 0.3 is 5.97 Å². The second-order valence-corrected chi connectivity index (χ2v) is 7.55. The Kier molecular flexibility index (Phi) is 4.68. The van der Waals surface area contributed by atoms with Crippen LogP contribution in [0.25, 0.3) is 10.4 Å². The molecule has 0 bridgehead atoms. The molecule has 28 heavy (non-hydrogen) atoms. The van der Waals surface area contributed by atoms with Crippen molar-refractivity contribution in [1.82, 2.24) is 15.2 Å². The molecule has 1 atom stereocenters. The molecule has 8 nitrogen and oxygen atoms in total. The predicted octanol–water partition coefficient (Wildman–Crippen LogP) is 1.75. The smallest absolute Gasteiger partial charge is 0.367 e. The number of ether oxygens (including phenoxy) is 1. The van der Waals surface area contributed by atoms with Crippen molar-refractivity contribution in [3.8, 4) is 10.4 Å². The van der Waals surface area contributed by atoms with Gasteiger partial charge in [0.1, 0.15) is 6.04 Å². The molecule has 1 fully saturated rings. The average Bonchev–Trinajstić information content (AvgIpc) is 3.27. The summed E-state index contributed by atoms with van der Waals surface area (Å²) in [6.45, 7) is 2.32. The third-order valence-corrected chi connectivity index (χ3v) is 5.79. The minimum atomic E-state index is -0.639. The van der Waals surface area contributed by atoms with Crippen LogP contribution in [-0.4, -0.2) is 46.2 Å². The Labute approximate surface area is 164 Å². The first-order chi connectivity index (χ1) is 13.5. The Morgan fingerprint density at radius 1 is 1.36 bits per heavy atom. The number of hydrogen-bond acceptors (Lipinski definition) is 7. The van der Waals surface area contributed by atoms with Crippen LogP contribution in [0.2, 0.25) is 0 Å². The fourth-order valence-corrected chi connectivity index (χ4v) is 4.23. The molecule has 0 spiro atoms. The summed E-state index contributed by atoms with van der Waals surface area (Å²) in [5, 5.41) is 2.57. The second-order valence-electron chi connectivity index (χ2n) is 6.52. The summed E-state index contributed by atoms with van der Waals surface area (Å²) in [5.41, 5.74) is 2.19. The lowest BCUT2D eigenvalue weighted by Crippen LogP contribution is -2.52. The molecular formula is C19H17N3O5S. The Balaban J connectivity index is 1.57. The number of nitrogens with one attached hydrogen (secondary N) is 1. The zero-order chi connectivity index (χ0) is 19.8. The van der Waals surface area contributed by atoms with Crippen LogP contribution in [-0.2, 0) is 20.9 Å². The van der Waals surface area contributed by atoms with Gasteiger partial charge in [0.05, 0.1) is 11.5 Å². The molecule has 9 heteroatoms. The number of amides is 3. The van der Waals surface area contributed by atoms with Crippen molar-refractivity contribution in [3.63, 3.8) is 0 Å². The van der Waals surface area contributed by atoms with E-state index in [1.807, 2.05) is 6.07 Å². The number of piperidine rings is 1. The highest BCUT2D eigenvalue weighted by molar-refractivity contribution is 7.16. The summed E-state index contributed by atoms with van der Waals surface area (Å²) in [6, 6.07) is 4.76. The number of carbonyl (C=O) groups excluding carboxylic acids is 4. The number of esters is 1. The number of thiazole rings is 1. The molecule has 0 saturated carbocycles. The van der Waals surface area contributed by atoms with Crippen LogP contribution in [0.1, 0.15) is 45.5 Å². The minimum absolute atomic E-state index is 0.215. The van der Waals surface area contributed by atoms with Crippen LogP contribution in [0.3, 0.4) is 0 Å². The van der Waals surface area contributed by atoms with E-state index in [4.69, 9.17) is 4.74 Å². The first-order valence-corrected chi connectivity index (χ1v) is 9.70. The molecule has 1 N–H and O–H groups in total. The predicted molar refractivity (Wildman–Crippen MR) is 99.6 cm³/mol. The molecule has 3 amide bonds. The van der Waals surface area contributed by atoms with Crippen LogP contribution in [0.15, 0.2) is 24.4 Å². The number of nitrogens with zero attached hydrogens (tertiary/aromatic N) is 2. The summed E-state index contributed by atoms with van der Waals surface area (Å²) in [6.07, 6.45) is 2.15. The van der Waals surface area contributed by atoms with Gasteiger partial charge in [0.2, 0.25) is 16.8 Å². The van der Waals surface area contributed by atoms with E-state index in [1.54, 1.807) is 25.3 Å². The number of carbonyl (C=O) groups is 4. The van der Waals surface area contributed by atoms with E-state index in [1.165, 1.54) is 16.2 Å². The van der Waals surface area contributed by atoms with Crippen molar-refractivity contribution in [2.45, 2.75) is 32.4 Å². The second kappa shape index (κ2) is 7.16. The lowest BCUT2D eigenvalue weighted by Gasteiger charge is -2.29. The molecule has 1 aromatic carbocycles. The molecule has 144 valence electrons. The molecule has 1 saturated heterocycles. The Bertz CT molecular complexity index is 999. The number of aromatic nitrogens is 1. The first kappa shape index (κ1) is 18.3. The number of rotatable bonds is 4. The molecule has 2 aliphatic rings. The molecular weight excluding hydrogens is 382 g/mol. The van der Waals surface area contributed by atoms with Gasteiger partial charge in [-0.1, -0.05) is 6.07 Å². The molecule has 4 rings (SSSR count). The molecule has 1 aromatic heterocycles. The van der Waals surface area contributed by atoms with E-state index >= 15 is 0 Å². The van der Waals surface area contributed by atoms with Gasteiger partial charge in [0.25, 0.3) is 5.91 Å². The summed E-state index contributed by atoms with van der Waals surface area (Å²) < 4.78 is 4.96. The third kappa shape index (κ3) is 3.18. The molecule has 1 unspecified atom stereocenters. The highest BCUT2D eigenvalue weighted by atomic mass is 32.1. The van der Waals surface area contributed by atoms with E-state index in [-0.39, 0.29) is 29.8 Å². The summed E-state index contributed by atoms with van der Waals surface area (Å²) in [4.78, 5) is 54.4. The maximum absolute atomic E-state index is 12.7. The topological polar surface area (TPSA) is 106 Å². The van der Waals surface area contributed by atoms with E-state index in [0.29, 0.717) is 18.5 Å². The standard InChI is InChI=1S/C19H17N3O5S/c1-2-27-19(26)17-20-8-14(28-17)10-3-4-12-11(7-10)9-22(18(12)25)13-5-6-15(23)21-16(13)24/h3-4,7-8,13H,2,5-6,9H2,1H3,(H,21,23,24). The average molecular weight is 399 g/mol. The molecule has 0 aliphatic carbocycles. The largest absolute Gasteiger partial charge is 0.461 e. The minimum Gasteiger partial charge on any atom is -0.461 e. The van der Waals surface area contributed by atoms with Crippen molar-refractivity contribution in [2.75, 3.05) is 6.61 Å². The highest BCUT2D eigenvalue weighted by Crippen LogP contribution is 2.33. The van der Waals surface area contributed by atoms with E-state index < -0.39 is 17.9 Å². The van der Waals surface area contributed by atoms with Gasteiger partial charge in [0.15, 0.2) is 0 Å². The zero-order valence-corrected chi connectivity index (χ0v) is 15.9. The summed E-state index contributed by atoms with van der Waals surface area (Å²) in [5.74, 6) is -1.42.